The van der Waals surface area contributed by atoms with Crippen LogP contribution >= 0.6 is 0 Å². The summed E-state index contributed by atoms with van der Waals surface area (Å²) in [5, 5.41) is 20.4. The summed E-state index contributed by atoms with van der Waals surface area (Å²) < 4.78 is 19.0. The van der Waals surface area contributed by atoms with E-state index >= 15 is 0 Å². The highest BCUT2D eigenvalue weighted by Crippen LogP contribution is 2.24. The number of para-hydroxylation sites is 1. The molecule has 23 heavy (non-hydrogen) atoms. The maximum Gasteiger partial charge on any atom is 0.165 e. The van der Waals surface area contributed by atoms with E-state index < -0.39 is 11.9 Å². The Morgan fingerprint density at radius 3 is 2.35 bits per heavy atom. The van der Waals surface area contributed by atoms with Crippen LogP contribution in [0.5, 0.6) is 5.75 Å². The predicted molar refractivity (Wildman–Crippen MR) is 87.1 cm³/mol. The van der Waals surface area contributed by atoms with Crippen molar-refractivity contribution in [2.45, 2.75) is 63.8 Å². The second kappa shape index (κ2) is 6.75. The van der Waals surface area contributed by atoms with Crippen molar-refractivity contribution in [3.05, 3.63) is 30.1 Å². The molecule has 0 unspecified atom stereocenters. The molecule has 1 aliphatic heterocycles. The van der Waals surface area contributed by atoms with Gasteiger partial charge < -0.3 is 19.8 Å². The SMILES string of the molecule is CC1(C)CC(O)CC(C)(C)[NH+]1C[C@@H](O)COc1ccccc1F. The number of halogens is 1. The summed E-state index contributed by atoms with van der Waals surface area (Å²) >= 11 is 0. The Morgan fingerprint density at radius 2 is 1.78 bits per heavy atom. The molecule has 1 fully saturated rings. The van der Waals surface area contributed by atoms with Gasteiger partial charge in [0.05, 0.1) is 17.2 Å². The fourth-order valence-corrected chi connectivity index (χ4v) is 4.01. The van der Waals surface area contributed by atoms with Gasteiger partial charge in [0.2, 0.25) is 0 Å². The first kappa shape index (κ1) is 18.2. The molecule has 4 nitrogen and oxygen atoms in total. The largest absolute Gasteiger partial charge is 0.488 e. The van der Waals surface area contributed by atoms with E-state index in [-0.39, 0.29) is 29.5 Å². The minimum absolute atomic E-state index is 0.0547. The standard InChI is InChI=1S/C18H28FNO3/c1-17(2)9-13(21)10-18(3,4)20(17)11-14(22)12-23-16-8-6-5-7-15(16)19/h5-8,13-14,21-22H,9-12H2,1-4H3/p+1/t14-/m1/s1. The van der Waals surface area contributed by atoms with Gasteiger partial charge in [-0.15, -0.1) is 0 Å². The highest BCUT2D eigenvalue weighted by Gasteiger charge is 2.49. The lowest BCUT2D eigenvalue weighted by Gasteiger charge is -2.51. The molecule has 0 aliphatic carbocycles. The van der Waals surface area contributed by atoms with Crippen molar-refractivity contribution in [3.8, 4) is 5.75 Å². The first-order valence-electron chi connectivity index (χ1n) is 8.22. The lowest BCUT2D eigenvalue weighted by Crippen LogP contribution is -3.27. The molecule has 1 atom stereocenters. The molecule has 2 rings (SSSR count). The average molecular weight is 326 g/mol. The van der Waals surface area contributed by atoms with Crippen molar-refractivity contribution < 1.29 is 24.2 Å². The molecule has 5 heteroatoms. The molecule has 0 amide bonds. The van der Waals surface area contributed by atoms with Gasteiger partial charge in [-0.3, -0.25) is 0 Å². The van der Waals surface area contributed by atoms with Crippen LogP contribution in [-0.2, 0) is 0 Å². The Kier molecular flexibility index (Phi) is 5.33. The summed E-state index contributed by atoms with van der Waals surface area (Å²) in [6, 6.07) is 6.20. The van der Waals surface area contributed by atoms with Crippen LogP contribution in [0.1, 0.15) is 40.5 Å². The maximum atomic E-state index is 13.5. The van der Waals surface area contributed by atoms with E-state index in [4.69, 9.17) is 4.74 Å². The number of piperidine rings is 1. The Hall–Kier alpha value is -1.17. The van der Waals surface area contributed by atoms with Crippen LogP contribution < -0.4 is 9.64 Å². The van der Waals surface area contributed by atoms with Gasteiger partial charge >= 0.3 is 0 Å². The molecule has 0 radical (unpaired) electrons. The fraction of sp³-hybridized carbons (Fsp3) is 0.667. The normalized spacial score (nSPS) is 27.4. The molecule has 1 aliphatic rings. The fourth-order valence-electron chi connectivity index (χ4n) is 4.01. The van der Waals surface area contributed by atoms with Crippen molar-refractivity contribution in [3.63, 3.8) is 0 Å². The number of likely N-dealkylation sites (tertiary alicyclic amines) is 1. The predicted octanol–water partition coefficient (Wildman–Crippen LogP) is 1.16. The van der Waals surface area contributed by atoms with E-state index in [2.05, 4.69) is 27.7 Å². The highest BCUT2D eigenvalue weighted by molar-refractivity contribution is 5.23. The minimum Gasteiger partial charge on any atom is -0.488 e. The maximum absolute atomic E-state index is 13.5. The van der Waals surface area contributed by atoms with Crippen LogP contribution in [0.15, 0.2) is 24.3 Å². The van der Waals surface area contributed by atoms with Crippen LogP contribution in [0.3, 0.4) is 0 Å². The number of aliphatic hydroxyl groups excluding tert-OH is 2. The third-order valence-corrected chi connectivity index (χ3v) is 4.83. The zero-order valence-corrected chi connectivity index (χ0v) is 14.5. The first-order valence-corrected chi connectivity index (χ1v) is 8.22. The van der Waals surface area contributed by atoms with Crippen molar-refractivity contribution in [1.29, 1.82) is 0 Å². The van der Waals surface area contributed by atoms with Crippen LogP contribution in [0, 0.1) is 5.82 Å². The Balaban J connectivity index is 1.98. The summed E-state index contributed by atoms with van der Waals surface area (Å²) in [6.07, 6.45) is 0.396. The van der Waals surface area contributed by atoms with Gasteiger partial charge in [0.15, 0.2) is 11.6 Å². The van der Waals surface area contributed by atoms with Gasteiger partial charge in [0.1, 0.15) is 19.3 Å². The monoisotopic (exact) mass is 326 g/mol. The quantitative estimate of drug-likeness (QED) is 0.761. The second-order valence-electron chi connectivity index (χ2n) is 7.91. The van der Waals surface area contributed by atoms with E-state index in [1.54, 1.807) is 18.2 Å². The number of benzene rings is 1. The molecule has 0 aromatic heterocycles. The molecule has 1 heterocycles. The van der Waals surface area contributed by atoms with E-state index in [1.165, 1.54) is 11.0 Å². The van der Waals surface area contributed by atoms with Gasteiger partial charge in [-0.25, -0.2) is 4.39 Å². The molecular weight excluding hydrogens is 297 g/mol. The van der Waals surface area contributed by atoms with Crippen LogP contribution in [0.2, 0.25) is 0 Å². The molecule has 0 saturated carbocycles. The summed E-state index contributed by atoms with van der Waals surface area (Å²) in [7, 11) is 0. The van der Waals surface area contributed by atoms with Crippen LogP contribution in [-0.4, -0.2) is 46.7 Å². The van der Waals surface area contributed by atoms with Gasteiger partial charge in [0, 0.05) is 12.8 Å². The molecule has 3 N–H and O–H groups in total. The third kappa shape index (κ3) is 4.43. The number of aliphatic hydroxyl groups is 2. The summed E-state index contributed by atoms with van der Waals surface area (Å²) in [5.41, 5.74) is -0.277. The second-order valence-corrected chi connectivity index (χ2v) is 7.91. The molecule has 1 aromatic carbocycles. The van der Waals surface area contributed by atoms with Crippen molar-refractivity contribution >= 4 is 0 Å². The van der Waals surface area contributed by atoms with E-state index in [9.17, 15) is 14.6 Å². The highest BCUT2D eigenvalue weighted by atomic mass is 19.1. The zero-order chi connectivity index (χ0) is 17.3. The average Bonchev–Trinajstić information content (AvgIpc) is 2.41. The van der Waals surface area contributed by atoms with Crippen LogP contribution in [0.4, 0.5) is 4.39 Å². The Morgan fingerprint density at radius 1 is 1.22 bits per heavy atom. The molecule has 130 valence electrons. The molecular formula is C18H29FNO3+. The minimum atomic E-state index is -0.696. The molecule has 0 bridgehead atoms. The summed E-state index contributed by atoms with van der Waals surface area (Å²) in [5.74, 6) is -0.261. The van der Waals surface area contributed by atoms with Crippen LogP contribution in [0.25, 0.3) is 0 Å². The number of quaternary nitrogens is 1. The van der Waals surface area contributed by atoms with Gasteiger partial charge in [-0.1, -0.05) is 12.1 Å². The van der Waals surface area contributed by atoms with Gasteiger partial charge in [-0.05, 0) is 39.8 Å². The number of ether oxygens (including phenoxy) is 1. The Bertz CT molecular complexity index is 515. The van der Waals surface area contributed by atoms with Crippen molar-refractivity contribution in [1.82, 2.24) is 0 Å². The van der Waals surface area contributed by atoms with Crippen molar-refractivity contribution in [2.75, 3.05) is 13.2 Å². The smallest absolute Gasteiger partial charge is 0.165 e. The third-order valence-electron chi connectivity index (χ3n) is 4.83. The van der Waals surface area contributed by atoms with Gasteiger partial charge in [0.25, 0.3) is 0 Å². The van der Waals surface area contributed by atoms with E-state index in [0.29, 0.717) is 19.4 Å². The van der Waals surface area contributed by atoms with E-state index in [0.717, 1.165) is 0 Å². The number of hydrogen-bond donors (Lipinski definition) is 3. The molecule has 1 aromatic rings. The first-order chi connectivity index (χ1) is 10.6. The summed E-state index contributed by atoms with van der Waals surface area (Å²) in [4.78, 5) is 1.24. The number of nitrogens with one attached hydrogen (secondary N) is 1. The van der Waals surface area contributed by atoms with Crippen molar-refractivity contribution in [2.24, 2.45) is 0 Å². The lowest BCUT2D eigenvalue weighted by atomic mass is 9.78. The Labute approximate surface area is 137 Å². The van der Waals surface area contributed by atoms with E-state index in [1.807, 2.05) is 0 Å². The number of rotatable bonds is 5. The topological polar surface area (TPSA) is 54.1 Å². The molecule has 1 saturated heterocycles. The molecule has 0 spiro atoms. The zero-order valence-electron chi connectivity index (χ0n) is 14.5. The van der Waals surface area contributed by atoms with Gasteiger partial charge in [-0.2, -0.15) is 0 Å². The lowest BCUT2D eigenvalue weighted by molar-refractivity contribution is -1.00. The summed E-state index contributed by atoms with van der Waals surface area (Å²) in [6.45, 7) is 8.99. The number of hydrogen-bond acceptors (Lipinski definition) is 3.